The average molecular weight is 336 g/mol. The van der Waals surface area contributed by atoms with Crippen molar-refractivity contribution < 1.29 is 33.4 Å². The first-order valence-corrected chi connectivity index (χ1v) is 7.05. The number of carbonyl (C=O) groups is 4. The van der Waals surface area contributed by atoms with Gasteiger partial charge in [0.2, 0.25) is 0 Å². The molecule has 1 aliphatic rings. The van der Waals surface area contributed by atoms with Gasteiger partial charge < -0.3 is 19.5 Å². The molecule has 0 spiro atoms. The minimum absolute atomic E-state index is 0.379. The number of benzene rings is 1. The van der Waals surface area contributed by atoms with Gasteiger partial charge in [-0.3, -0.25) is 19.7 Å². The fraction of sp³-hybridized carbons (Fsp3) is 0.333. The molecular formula is C15H16N2O7. The summed E-state index contributed by atoms with van der Waals surface area (Å²) >= 11 is 0. The first-order valence-electron chi connectivity index (χ1n) is 7.05. The third-order valence-electron chi connectivity index (χ3n) is 3.15. The van der Waals surface area contributed by atoms with Crippen molar-refractivity contribution in [2.24, 2.45) is 0 Å². The van der Waals surface area contributed by atoms with E-state index in [2.05, 4.69) is 10.1 Å². The molecule has 24 heavy (non-hydrogen) atoms. The van der Waals surface area contributed by atoms with Crippen LogP contribution in [0.4, 0.5) is 10.5 Å². The molecule has 2 atom stereocenters. The predicted octanol–water partition coefficient (Wildman–Crippen LogP) is 0.590. The number of hydrogen-bond acceptors (Lipinski definition) is 7. The lowest BCUT2D eigenvalue weighted by molar-refractivity contribution is -0.157. The molecular weight excluding hydrogens is 320 g/mol. The van der Waals surface area contributed by atoms with E-state index < -0.39 is 36.1 Å². The Labute approximate surface area is 137 Å². The third-order valence-corrected chi connectivity index (χ3v) is 3.15. The summed E-state index contributed by atoms with van der Waals surface area (Å²) in [4.78, 5) is 46.3. The number of nitrogens with one attached hydrogen (secondary N) is 2. The van der Waals surface area contributed by atoms with Gasteiger partial charge in [0.25, 0.3) is 11.8 Å². The van der Waals surface area contributed by atoms with E-state index in [-0.39, 0.29) is 6.42 Å². The Bertz CT molecular complexity index is 674. The van der Waals surface area contributed by atoms with Crippen molar-refractivity contribution in [2.45, 2.75) is 25.6 Å². The molecule has 0 radical (unpaired) electrons. The summed E-state index contributed by atoms with van der Waals surface area (Å²) in [5.74, 6) is -1.71. The van der Waals surface area contributed by atoms with Crippen LogP contribution in [0.1, 0.15) is 13.3 Å². The van der Waals surface area contributed by atoms with Crippen LogP contribution in [0.15, 0.2) is 24.3 Å². The molecule has 2 rings (SSSR count). The average Bonchev–Trinajstić information content (AvgIpc) is 2.55. The number of hydrogen-bond donors (Lipinski definition) is 2. The van der Waals surface area contributed by atoms with E-state index in [0.717, 1.165) is 7.11 Å². The summed E-state index contributed by atoms with van der Waals surface area (Å²) in [5.41, 5.74) is 0.512. The van der Waals surface area contributed by atoms with Gasteiger partial charge in [-0.25, -0.2) is 4.79 Å². The Morgan fingerprint density at radius 3 is 2.75 bits per heavy atom. The number of imide groups is 1. The molecule has 0 unspecified atom stereocenters. The molecule has 0 saturated heterocycles. The Balaban J connectivity index is 1.89. The Hall–Kier alpha value is -3.10. The van der Waals surface area contributed by atoms with Crippen molar-refractivity contribution in [1.82, 2.24) is 5.32 Å². The van der Waals surface area contributed by atoms with E-state index in [4.69, 9.17) is 9.47 Å². The van der Waals surface area contributed by atoms with Gasteiger partial charge in [0, 0.05) is 0 Å². The second-order valence-corrected chi connectivity index (χ2v) is 4.91. The van der Waals surface area contributed by atoms with E-state index in [0.29, 0.717) is 11.4 Å². The number of alkyl carbamates (subject to hydrolysis) is 1. The molecule has 0 bridgehead atoms. The number of carbonyl (C=O) groups excluding carboxylic acids is 4. The van der Waals surface area contributed by atoms with Crippen LogP contribution in [0.5, 0.6) is 5.75 Å². The molecule has 0 saturated carbocycles. The number of fused-ring (bicyclic) bond motifs is 1. The molecule has 0 aromatic heterocycles. The minimum Gasteiger partial charge on any atom is -0.478 e. The number of esters is 1. The molecule has 1 aliphatic heterocycles. The maximum atomic E-state index is 11.9. The van der Waals surface area contributed by atoms with E-state index in [1.807, 2.05) is 5.32 Å². The summed E-state index contributed by atoms with van der Waals surface area (Å²) in [6.45, 7) is 1.28. The highest BCUT2D eigenvalue weighted by molar-refractivity contribution is 6.00. The zero-order chi connectivity index (χ0) is 17.7. The smallest absolute Gasteiger partial charge is 0.413 e. The topological polar surface area (TPSA) is 120 Å². The summed E-state index contributed by atoms with van der Waals surface area (Å²) in [6, 6.07) is 6.78. The summed E-state index contributed by atoms with van der Waals surface area (Å²) in [5, 5.41) is 4.49. The van der Waals surface area contributed by atoms with Crippen LogP contribution >= 0.6 is 0 Å². The summed E-state index contributed by atoms with van der Waals surface area (Å²) < 4.78 is 14.6. The highest BCUT2D eigenvalue weighted by atomic mass is 16.6. The number of ether oxygens (including phenoxy) is 3. The van der Waals surface area contributed by atoms with Crippen LogP contribution in [0.25, 0.3) is 0 Å². The van der Waals surface area contributed by atoms with Crippen LogP contribution in [0, 0.1) is 0 Å². The van der Waals surface area contributed by atoms with Crippen molar-refractivity contribution in [3.05, 3.63) is 24.3 Å². The lowest BCUT2D eigenvalue weighted by Crippen LogP contribution is -2.42. The fourth-order valence-electron chi connectivity index (χ4n) is 1.93. The lowest BCUT2D eigenvalue weighted by atomic mass is 10.1. The number of amides is 3. The van der Waals surface area contributed by atoms with E-state index >= 15 is 0 Å². The zero-order valence-electron chi connectivity index (χ0n) is 13.0. The maximum absolute atomic E-state index is 11.9. The zero-order valence-corrected chi connectivity index (χ0v) is 13.0. The molecule has 3 amide bonds. The van der Waals surface area contributed by atoms with Gasteiger partial charge in [0.05, 0.1) is 19.2 Å². The van der Waals surface area contributed by atoms with Gasteiger partial charge in [-0.1, -0.05) is 12.1 Å². The van der Waals surface area contributed by atoms with Crippen LogP contribution < -0.4 is 15.4 Å². The third kappa shape index (κ3) is 4.22. The highest BCUT2D eigenvalue weighted by Crippen LogP contribution is 2.29. The molecule has 0 fully saturated rings. The Morgan fingerprint density at radius 1 is 1.33 bits per heavy atom. The van der Waals surface area contributed by atoms with Crippen molar-refractivity contribution in [2.75, 3.05) is 12.4 Å². The number of para-hydroxylation sites is 2. The summed E-state index contributed by atoms with van der Waals surface area (Å²) in [6.07, 6.45) is -3.64. The van der Waals surface area contributed by atoms with Gasteiger partial charge in [-0.2, -0.15) is 0 Å². The normalized spacial score (nSPS) is 16.8. The quantitative estimate of drug-likeness (QED) is 0.772. The molecule has 0 aliphatic carbocycles. The lowest BCUT2D eigenvalue weighted by Gasteiger charge is -2.25. The molecule has 9 heteroatoms. The maximum Gasteiger partial charge on any atom is 0.413 e. The standard InChI is InChI=1S/C15H16N2O7/c1-8(13(19)17-15(21)22-2)23-12(18)7-11-14(20)16-9-5-3-4-6-10(9)24-11/h3-6,8,11H,7H2,1-2H3,(H,16,20)(H,17,19,21)/t8-,11-/m1/s1. The second kappa shape index (κ2) is 7.44. The number of anilines is 1. The molecule has 9 nitrogen and oxygen atoms in total. The molecule has 1 aromatic rings. The molecule has 128 valence electrons. The van der Waals surface area contributed by atoms with Gasteiger partial charge in [0.1, 0.15) is 5.75 Å². The van der Waals surface area contributed by atoms with Crippen molar-refractivity contribution in [1.29, 1.82) is 0 Å². The van der Waals surface area contributed by atoms with Crippen molar-refractivity contribution >= 4 is 29.6 Å². The monoisotopic (exact) mass is 336 g/mol. The highest BCUT2D eigenvalue weighted by Gasteiger charge is 2.31. The van der Waals surface area contributed by atoms with Crippen LogP contribution in [-0.2, 0) is 23.9 Å². The predicted molar refractivity (Wildman–Crippen MR) is 80.2 cm³/mol. The van der Waals surface area contributed by atoms with Crippen LogP contribution in [-0.4, -0.2) is 43.2 Å². The Kier molecular flexibility index (Phi) is 5.35. The molecule has 2 N–H and O–H groups in total. The van der Waals surface area contributed by atoms with Crippen LogP contribution in [0.2, 0.25) is 0 Å². The Morgan fingerprint density at radius 2 is 2.04 bits per heavy atom. The van der Waals surface area contributed by atoms with E-state index in [1.165, 1.54) is 6.92 Å². The van der Waals surface area contributed by atoms with Gasteiger partial charge in [0.15, 0.2) is 12.2 Å². The largest absolute Gasteiger partial charge is 0.478 e. The minimum atomic E-state index is -1.23. The summed E-state index contributed by atoms with van der Waals surface area (Å²) in [7, 11) is 1.09. The molecule has 1 aromatic carbocycles. The van der Waals surface area contributed by atoms with E-state index in [1.54, 1.807) is 24.3 Å². The fourth-order valence-corrected chi connectivity index (χ4v) is 1.93. The van der Waals surface area contributed by atoms with Gasteiger partial charge in [-0.05, 0) is 19.1 Å². The molecule has 1 heterocycles. The SMILES string of the molecule is COC(=O)NC(=O)[C@@H](C)OC(=O)C[C@H]1Oc2ccccc2NC1=O. The van der Waals surface area contributed by atoms with E-state index in [9.17, 15) is 19.2 Å². The van der Waals surface area contributed by atoms with Crippen molar-refractivity contribution in [3.8, 4) is 5.75 Å². The first kappa shape index (κ1) is 17.3. The van der Waals surface area contributed by atoms with Gasteiger partial charge in [-0.15, -0.1) is 0 Å². The number of methoxy groups -OCH3 is 1. The second-order valence-electron chi connectivity index (χ2n) is 4.91. The first-order chi connectivity index (χ1) is 11.4. The number of rotatable bonds is 4. The van der Waals surface area contributed by atoms with Crippen molar-refractivity contribution in [3.63, 3.8) is 0 Å². The van der Waals surface area contributed by atoms with Gasteiger partial charge >= 0.3 is 12.1 Å². The van der Waals surface area contributed by atoms with Crippen LogP contribution in [0.3, 0.4) is 0 Å².